The first-order chi connectivity index (χ1) is 30.7. The second-order valence-corrected chi connectivity index (χ2v) is 16.4. The molecule has 62 heavy (non-hydrogen) atoms. The standard InChI is InChI=1S/C58H34N2O2/c1-5-19-50-42(13-1)44-27-23-36(31-52(44)59(50)38-25-29-56-48(33-38)46-15-3-7-21-54(46)61-56)40-17-9-11-35-12-10-18-41(58(35)40)37-24-28-45-43-14-2-6-20-51(43)60(53(45)32-37)39-26-30-57-49(34-39)47-16-4-8-22-55(47)62-57/h1-34H. The van der Waals surface area contributed by atoms with Crippen molar-refractivity contribution in [2.24, 2.45) is 0 Å². The summed E-state index contributed by atoms with van der Waals surface area (Å²) >= 11 is 0. The second kappa shape index (κ2) is 12.6. The van der Waals surface area contributed by atoms with E-state index in [-0.39, 0.29) is 0 Å². The van der Waals surface area contributed by atoms with Crippen LogP contribution in [0.25, 0.3) is 132 Å². The summed E-state index contributed by atoms with van der Waals surface area (Å²) < 4.78 is 17.3. The van der Waals surface area contributed by atoms with Crippen molar-refractivity contribution in [2.45, 2.75) is 0 Å². The normalized spacial score (nSPS) is 12.2. The lowest BCUT2D eigenvalue weighted by Gasteiger charge is -2.14. The van der Waals surface area contributed by atoms with E-state index >= 15 is 0 Å². The van der Waals surface area contributed by atoms with Crippen LogP contribution in [0.2, 0.25) is 0 Å². The topological polar surface area (TPSA) is 36.1 Å². The molecule has 0 atom stereocenters. The summed E-state index contributed by atoms with van der Waals surface area (Å²) in [7, 11) is 0. The zero-order chi connectivity index (χ0) is 40.5. The molecule has 4 nitrogen and oxygen atoms in total. The molecule has 0 fully saturated rings. The molecule has 10 aromatic carbocycles. The number of fused-ring (bicyclic) bond motifs is 13. The monoisotopic (exact) mass is 790 g/mol. The van der Waals surface area contributed by atoms with Gasteiger partial charge in [0, 0.05) is 54.5 Å². The molecule has 0 saturated carbocycles. The lowest BCUT2D eigenvalue weighted by atomic mass is 9.91. The molecule has 4 heteroatoms. The molecular weight excluding hydrogens is 757 g/mol. The van der Waals surface area contributed by atoms with Gasteiger partial charge in [-0.05, 0) is 106 Å². The Morgan fingerprint density at radius 2 is 0.694 bits per heavy atom. The van der Waals surface area contributed by atoms with E-state index in [2.05, 4.69) is 191 Å². The maximum atomic E-state index is 6.25. The number of benzene rings is 10. The van der Waals surface area contributed by atoms with E-state index in [0.29, 0.717) is 0 Å². The predicted octanol–water partition coefficient (Wildman–Crippen LogP) is 16.2. The molecule has 0 spiro atoms. The highest BCUT2D eigenvalue weighted by Gasteiger charge is 2.19. The van der Waals surface area contributed by atoms with Crippen molar-refractivity contribution >= 4 is 98.3 Å². The third-order valence-electron chi connectivity index (χ3n) is 13.1. The highest BCUT2D eigenvalue weighted by atomic mass is 16.3. The van der Waals surface area contributed by atoms with Crippen molar-refractivity contribution in [3.05, 3.63) is 206 Å². The van der Waals surface area contributed by atoms with Gasteiger partial charge < -0.3 is 18.0 Å². The zero-order valence-electron chi connectivity index (χ0n) is 33.3. The third kappa shape index (κ3) is 4.72. The van der Waals surface area contributed by atoms with Gasteiger partial charge in [0.2, 0.25) is 0 Å². The van der Waals surface area contributed by atoms with Gasteiger partial charge in [0.15, 0.2) is 0 Å². The number of para-hydroxylation sites is 4. The molecule has 0 unspecified atom stereocenters. The van der Waals surface area contributed by atoms with Gasteiger partial charge >= 0.3 is 0 Å². The van der Waals surface area contributed by atoms with Gasteiger partial charge in [0.25, 0.3) is 0 Å². The van der Waals surface area contributed by atoms with E-state index in [1.807, 2.05) is 24.3 Å². The van der Waals surface area contributed by atoms with Crippen molar-refractivity contribution in [2.75, 3.05) is 0 Å². The first kappa shape index (κ1) is 33.5. The average molecular weight is 791 g/mol. The minimum Gasteiger partial charge on any atom is -0.456 e. The Labute approximate surface area is 354 Å². The first-order valence-electron chi connectivity index (χ1n) is 21.2. The zero-order valence-corrected chi connectivity index (χ0v) is 33.3. The van der Waals surface area contributed by atoms with Gasteiger partial charge in [-0.2, -0.15) is 0 Å². The Hall–Kier alpha value is -8.34. The average Bonchev–Trinajstić information content (AvgIpc) is 4.08. The summed E-state index contributed by atoms with van der Waals surface area (Å²) in [5.41, 5.74) is 15.2. The summed E-state index contributed by atoms with van der Waals surface area (Å²) in [5, 5.41) is 11.8. The molecule has 0 aliphatic carbocycles. The Morgan fingerprint density at radius 3 is 1.19 bits per heavy atom. The molecule has 288 valence electrons. The molecule has 0 amide bonds. The fourth-order valence-electron chi connectivity index (χ4n) is 10.4. The van der Waals surface area contributed by atoms with Crippen LogP contribution in [0.3, 0.4) is 0 Å². The van der Waals surface area contributed by atoms with E-state index in [0.717, 1.165) is 55.3 Å². The van der Waals surface area contributed by atoms with E-state index < -0.39 is 0 Å². The van der Waals surface area contributed by atoms with Crippen molar-refractivity contribution in [3.63, 3.8) is 0 Å². The Bertz CT molecular complexity index is 3910. The SMILES string of the molecule is c1cc(-c2ccc3c4ccccc4n(-c4ccc5oc6ccccc6c5c4)c3c2)c2c(-c3ccc4c5ccccc5n(-c5ccc6oc7ccccc7c6c5)c4c3)cccc2c1. The van der Waals surface area contributed by atoms with Crippen LogP contribution in [-0.4, -0.2) is 9.13 Å². The van der Waals surface area contributed by atoms with Crippen LogP contribution in [0.15, 0.2) is 215 Å². The van der Waals surface area contributed by atoms with Crippen molar-refractivity contribution in [3.8, 4) is 33.6 Å². The lowest BCUT2D eigenvalue weighted by molar-refractivity contribution is 0.668. The number of rotatable bonds is 4. The Kier molecular flexibility index (Phi) is 6.80. The summed E-state index contributed by atoms with van der Waals surface area (Å²) in [6, 6.07) is 74.6. The first-order valence-corrected chi connectivity index (χ1v) is 21.2. The van der Waals surface area contributed by atoms with Gasteiger partial charge in [-0.3, -0.25) is 0 Å². The quantitative estimate of drug-likeness (QED) is 0.178. The fourth-order valence-corrected chi connectivity index (χ4v) is 10.4. The molecule has 0 radical (unpaired) electrons. The number of furan rings is 2. The van der Waals surface area contributed by atoms with Crippen molar-refractivity contribution in [1.29, 1.82) is 0 Å². The summed E-state index contributed by atoms with van der Waals surface area (Å²) in [6.45, 7) is 0. The Morgan fingerprint density at radius 1 is 0.274 bits per heavy atom. The molecule has 4 aromatic heterocycles. The Balaban J connectivity index is 0.978. The number of hydrogen-bond acceptors (Lipinski definition) is 2. The maximum Gasteiger partial charge on any atom is 0.135 e. The molecule has 0 bridgehead atoms. The van der Waals surface area contributed by atoms with Gasteiger partial charge in [-0.15, -0.1) is 0 Å². The van der Waals surface area contributed by atoms with Gasteiger partial charge in [-0.1, -0.05) is 133 Å². The van der Waals surface area contributed by atoms with Crippen molar-refractivity contribution in [1.82, 2.24) is 9.13 Å². The van der Waals surface area contributed by atoms with Crippen LogP contribution < -0.4 is 0 Å². The van der Waals surface area contributed by atoms with E-state index in [1.165, 1.54) is 76.6 Å². The van der Waals surface area contributed by atoms with Crippen LogP contribution in [0, 0.1) is 0 Å². The highest BCUT2D eigenvalue weighted by molar-refractivity contribution is 6.15. The highest BCUT2D eigenvalue weighted by Crippen LogP contribution is 2.43. The van der Waals surface area contributed by atoms with E-state index in [1.54, 1.807) is 0 Å². The lowest BCUT2D eigenvalue weighted by Crippen LogP contribution is -1.94. The number of aromatic nitrogens is 2. The largest absolute Gasteiger partial charge is 0.456 e. The van der Waals surface area contributed by atoms with Crippen LogP contribution in [0.1, 0.15) is 0 Å². The minimum atomic E-state index is 0.894. The smallest absolute Gasteiger partial charge is 0.135 e. The van der Waals surface area contributed by atoms with Crippen molar-refractivity contribution < 1.29 is 8.83 Å². The molecule has 0 saturated heterocycles. The molecule has 0 aliphatic rings. The molecule has 0 N–H and O–H groups in total. The van der Waals surface area contributed by atoms with Gasteiger partial charge in [-0.25, -0.2) is 0 Å². The molecule has 0 aliphatic heterocycles. The van der Waals surface area contributed by atoms with E-state index in [4.69, 9.17) is 8.83 Å². The third-order valence-corrected chi connectivity index (χ3v) is 13.1. The van der Waals surface area contributed by atoms with Crippen LogP contribution in [-0.2, 0) is 0 Å². The predicted molar refractivity (Wildman–Crippen MR) is 258 cm³/mol. The van der Waals surface area contributed by atoms with Crippen LogP contribution in [0.4, 0.5) is 0 Å². The molecule has 14 aromatic rings. The minimum absolute atomic E-state index is 0.894. The van der Waals surface area contributed by atoms with Crippen LogP contribution in [0.5, 0.6) is 0 Å². The summed E-state index contributed by atoms with van der Waals surface area (Å²) in [5.74, 6) is 0. The second-order valence-electron chi connectivity index (χ2n) is 16.4. The fraction of sp³-hybridized carbons (Fsp3) is 0. The number of nitrogens with zero attached hydrogens (tertiary/aromatic N) is 2. The number of hydrogen-bond donors (Lipinski definition) is 0. The molecule has 14 rings (SSSR count). The summed E-state index contributed by atoms with van der Waals surface area (Å²) in [4.78, 5) is 0. The van der Waals surface area contributed by atoms with Gasteiger partial charge in [0.05, 0.1) is 22.1 Å². The molecule has 4 heterocycles. The maximum absolute atomic E-state index is 6.25. The van der Waals surface area contributed by atoms with Crippen LogP contribution >= 0.6 is 0 Å². The van der Waals surface area contributed by atoms with E-state index in [9.17, 15) is 0 Å². The molecular formula is C58H34N2O2. The van der Waals surface area contributed by atoms with Gasteiger partial charge in [0.1, 0.15) is 22.3 Å². The summed E-state index contributed by atoms with van der Waals surface area (Å²) in [6.07, 6.45) is 0.